The molecule has 0 heterocycles. The molecule has 31 valence electrons. The topological polar surface area (TPSA) is 85.5 Å². The maximum atomic E-state index is 0. The van der Waals surface area contributed by atoms with Crippen LogP contribution in [0.2, 0.25) is 0 Å². The van der Waals surface area contributed by atoms with Crippen molar-refractivity contribution in [2.24, 2.45) is 0 Å². The van der Waals surface area contributed by atoms with E-state index in [1.54, 1.807) is 0 Å². The van der Waals surface area contributed by atoms with E-state index >= 15 is 0 Å². The van der Waals surface area contributed by atoms with Gasteiger partial charge in [0.15, 0.2) is 0 Å². The van der Waals surface area contributed by atoms with E-state index in [0.717, 1.165) is 0 Å². The molecule has 0 N–H and O–H groups in total. The molecule has 0 aromatic heterocycles. The summed E-state index contributed by atoms with van der Waals surface area (Å²) in [6.07, 6.45) is 0. The zero-order valence-electron chi connectivity index (χ0n) is 2.25. The van der Waals surface area contributed by atoms with Gasteiger partial charge in [0.25, 0.3) is 0 Å². The predicted octanol–water partition coefficient (Wildman–Crippen LogP) is -0.740. The molecular formula is O3TlV-5. The largest absolute Gasteiger partial charge is 2.00 e. The fourth-order valence-corrected chi connectivity index (χ4v) is 0. The van der Waals surface area contributed by atoms with Crippen molar-refractivity contribution in [3.05, 3.63) is 0 Å². The first-order valence-corrected chi connectivity index (χ1v) is 0. The van der Waals surface area contributed by atoms with Crippen molar-refractivity contribution in [1.29, 1.82) is 0 Å². The van der Waals surface area contributed by atoms with Crippen molar-refractivity contribution >= 4 is 27.3 Å². The van der Waals surface area contributed by atoms with Crippen LogP contribution in [0, 0.1) is 0 Å². The predicted molar refractivity (Wildman–Crippen MR) is 7.81 cm³/mol. The molecule has 0 atom stereocenters. The second-order valence-corrected chi connectivity index (χ2v) is 0. The first-order chi connectivity index (χ1) is 0. The summed E-state index contributed by atoms with van der Waals surface area (Å²) < 4.78 is 0. The Morgan fingerprint density at radius 2 is 0.600 bits per heavy atom. The van der Waals surface area contributed by atoms with E-state index in [9.17, 15) is 0 Å². The van der Waals surface area contributed by atoms with E-state index < -0.39 is 0 Å². The Morgan fingerprint density at radius 1 is 0.600 bits per heavy atom. The summed E-state index contributed by atoms with van der Waals surface area (Å²) in [6, 6.07) is 0. The monoisotopic (exact) mass is 304 g/mol. The molecule has 0 fully saturated rings. The Balaban J connectivity index is 0. The van der Waals surface area contributed by atoms with Crippen LogP contribution in [0.15, 0.2) is 0 Å². The summed E-state index contributed by atoms with van der Waals surface area (Å²) in [5, 5.41) is 0. The molecule has 0 aliphatic carbocycles. The minimum atomic E-state index is 0. The van der Waals surface area contributed by atoms with E-state index in [-0.39, 0.29) is 62.3 Å². The van der Waals surface area contributed by atoms with Crippen molar-refractivity contribution < 1.29 is 35.0 Å². The van der Waals surface area contributed by atoms with Crippen LogP contribution in [0.1, 0.15) is 0 Å². The molecule has 0 aliphatic rings. The molecule has 0 bridgehead atoms. The van der Waals surface area contributed by atoms with Gasteiger partial charge in [-0.15, -0.1) is 0 Å². The van der Waals surface area contributed by atoms with Crippen LogP contribution in [0.4, 0.5) is 0 Å². The van der Waals surface area contributed by atoms with Crippen molar-refractivity contribution in [3.63, 3.8) is 0 Å². The summed E-state index contributed by atoms with van der Waals surface area (Å²) in [4.78, 5) is 0. The maximum absolute atomic E-state index is 0. The fourth-order valence-electron chi connectivity index (χ4n) is 0. The second kappa shape index (κ2) is 53.9. The normalized spacial score (nSPS) is 0. The molecule has 0 aromatic carbocycles. The van der Waals surface area contributed by atoms with Crippen LogP contribution in [0.3, 0.4) is 0 Å². The third-order valence-electron chi connectivity index (χ3n) is 0. The standard InChI is InChI=1S/3O.Tl.V/q3*-2;+1;. The first-order valence-electron chi connectivity index (χ1n) is 0. The third kappa shape index (κ3) is 32.1. The van der Waals surface area contributed by atoms with Gasteiger partial charge in [-0.1, -0.05) is 0 Å². The molecular weight excluding hydrogens is 303 g/mol. The van der Waals surface area contributed by atoms with Gasteiger partial charge in [0.05, 0.1) is 0 Å². The van der Waals surface area contributed by atoms with Gasteiger partial charge in [-0.3, -0.25) is 0 Å². The molecule has 0 rings (SSSR count). The van der Waals surface area contributed by atoms with E-state index in [1.807, 2.05) is 0 Å². The second-order valence-electron chi connectivity index (χ2n) is 0. The smallest absolute Gasteiger partial charge is 1.00 e. The van der Waals surface area contributed by atoms with Gasteiger partial charge in [0.2, 0.25) is 0 Å². The van der Waals surface area contributed by atoms with Crippen molar-refractivity contribution in [2.45, 2.75) is 0 Å². The molecule has 0 saturated heterocycles. The van der Waals surface area contributed by atoms with Crippen molar-refractivity contribution in [3.8, 4) is 0 Å². The zero-order chi connectivity index (χ0) is 0. The Morgan fingerprint density at radius 3 is 0.600 bits per heavy atom. The molecule has 0 aromatic rings. The first kappa shape index (κ1) is 96.4. The molecule has 0 spiro atoms. The molecule has 0 saturated carbocycles. The molecule has 0 amide bonds. The van der Waals surface area contributed by atoms with Gasteiger partial charge in [-0.2, -0.15) is 0 Å². The van der Waals surface area contributed by atoms with Gasteiger partial charge >= 0.3 is 27.3 Å². The number of rotatable bonds is 0. The van der Waals surface area contributed by atoms with Gasteiger partial charge in [0.1, 0.15) is 0 Å². The molecule has 5 heavy (non-hydrogen) atoms. The van der Waals surface area contributed by atoms with Gasteiger partial charge in [-0.05, 0) is 0 Å². The van der Waals surface area contributed by atoms with Gasteiger partial charge in [0, 0.05) is 18.6 Å². The molecule has 5 heteroatoms. The molecule has 1 radical (unpaired) electrons. The van der Waals surface area contributed by atoms with E-state index in [1.165, 1.54) is 0 Å². The molecule has 3 nitrogen and oxygen atoms in total. The van der Waals surface area contributed by atoms with E-state index in [2.05, 4.69) is 0 Å². The van der Waals surface area contributed by atoms with Crippen LogP contribution in [0.25, 0.3) is 0 Å². The maximum Gasteiger partial charge on any atom is 1.00 e. The average molecular weight is 303 g/mol. The van der Waals surface area contributed by atoms with Crippen LogP contribution in [0.5, 0.6) is 0 Å². The zero-order valence-corrected chi connectivity index (χ0v) is 8.13. The summed E-state index contributed by atoms with van der Waals surface area (Å²) in [6.45, 7) is 0. The quantitative estimate of drug-likeness (QED) is 0.528. The van der Waals surface area contributed by atoms with Crippen LogP contribution >= 0.6 is 0 Å². The number of hydrogen-bond donors (Lipinski definition) is 0. The summed E-state index contributed by atoms with van der Waals surface area (Å²) in [5.41, 5.74) is 0. The Labute approximate surface area is 62.1 Å². The summed E-state index contributed by atoms with van der Waals surface area (Å²) in [5.74, 6) is 0. The molecule has 0 unspecified atom stereocenters. The minimum Gasteiger partial charge on any atom is -2.00 e. The average Bonchev–Trinajstić information content (AvgIpc) is 0. The summed E-state index contributed by atoms with van der Waals surface area (Å²) >= 11 is 0. The van der Waals surface area contributed by atoms with E-state index in [4.69, 9.17) is 0 Å². The molecule has 0 aliphatic heterocycles. The van der Waals surface area contributed by atoms with E-state index in [0.29, 0.717) is 0 Å². The van der Waals surface area contributed by atoms with Gasteiger partial charge < -0.3 is 16.4 Å². The summed E-state index contributed by atoms with van der Waals surface area (Å²) in [7, 11) is 0. The van der Waals surface area contributed by atoms with Crippen molar-refractivity contribution in [2.75, 3.05) is 0 Å². The van der Waals surface area contributed by atoms with Crippen LogP contribution in [-0.4, -0.2) is 27.3 Å². The Bertz CT molecular complexity index is 6.85. The van der Waals surface area contributed by atoms with Crippen LogP contribution in [-0.2, 0) is 35.0 Å². The Kier molecular flexibility index (Phi) is 1040. The van der Waals surface area contributed by atoms with Crippen molar-refractivity contribution in [1.82, 2.24) is 0 Å². The van der Waals surface area contributed by atoms with Gasteiger partial charge in [-0.25, -0.2) is 0 Å². The Hall–Kier alpha value is 1.39. The SMILES string of the molecule is [O-2].[O-2].[O-2].[Tl+].[V]. The fraction of sp³-hybridized carbons (Fsp3) is 0. The van der Waals surface area contributed by atoms with Crippen LogP contribution < -0.4 is 0 Å². The minimum absolute atomic E-state index is 0. The number of hydrogen-bond acceptors (Lipinski definition) is 0. The third-order valence-corrected chi connectivity index (χ3v) is 0.